The van der Waals surface area contributed by atoms with Gasteiger partial charge in [-0.25, -0.2) is 0 Å². The van der Waals surface area contributed by atoms with Crippen LogP contribution in [0.4, 0.5) is 0 Å². The maximum atomic E-state index is 12.7. The fourth-order valence-corrected chi connectivity index (χ4v) is 3.94. The highest BCUT2D eigenvalue weighted by Gasteiger charge is 2.40. The van der Waals surface area contributed by atoms with E-state index in [2.05, 4.69) is 0 Å². The van der Waals surface area contributed by atoms with Gasteiger partial charge >= 0.3 is 0 Å². The quantitative estimate of drug-likeness (QED) is 0.846. The van der Waals surface area contributed by atoms with Crippen LogP contribution in [0.25, 0.3) is 0 Å². The molecule has 0 aromatic carbocycles. The zero-order chi connectivity index (χ0) is 15.4. The molecule has 1 amide bonds. The molecule has 0 aromatic heterocycles. The Bertz CT molecular complexity index is 374. The third-order valence-corrected chi connectivity index (χ3v) is 5.58. The molecule has 0 bridgehead atoms. The van der Waals surface area contributed by atoms with Crippen LogP contribution >= 0.6 is 12.4 Å². The van der Waals surface area contributed by atoms with Gasteiger partial charge in [-0.3, -0.25) is 4.79 Å². The van der Waals surface area contributed by atoms with Crippen molar-refractivity contribution in [2.24, 2.45) is 11.7 Å². The lowest BCUT2D eigenvalue weighted by atomic mass is 9.89. The number of hydrogen-bond acceptors (Lipinski definition) is 4. The first-order chi connectivity index (χ1) is 10.7. The van der Waals surface area contributed by atoms with Crippen molar-refractivity contribution in [2.45, 2.75) is 63.0 Å². The van der Waals surface area contributed by atoms with Gasteiger partial charge in [0.1, 0.15) is 0 Å². The summed E-state index contributed by atoms with van der Waals surface area (Å²) in [7, 11) is 0. The van der Waals surface area contributed by atoms with Crippen LogP contribution in [0.5, 0.6) is 0 Å². The van der Waals surface area contributed by atoms with Crippen molar-refractivity contribution >= 4 is 18.3 Å². The van der Waals surface area contributed by atoms with Gasteiger partial charge in [0.2, 0.25) is 5.91 Å². The number of nitrogens with zero attached hydrogens (tertiary/aromatic N) is 1. The molecule has 2 aliphatic heterocycles. The Morgan fingerprint density at radius 1 is 1.13 bits per heavy atom. The summed E-state index contributed by atoms with van der Waals surface area (Å²) in [6, 6.07) is 0. The molecule has 3 fully saturated rings. The number of nitrogens with two attached hydrogens (primary N) is 1. The number of rotatable bonds is 4. The Labute approximate surface area is 145 Å². The van der Waals surface area contributed by atoms with Gasteiger partial charge in [-0.05, 0) is 44.4 Å². The Morgan fingerprint density at radius 2 is 1.74 bits per heavy atom. The molecule has 1 saturated carbocycles. The van der Waals surface area contributed by atoms with Gasteiger partial charge in [-0.2, -0.15) is 0 Å². The van der Waals surface area contributed by atoms with Crippen LogP contribution < -0.4 is 5.73 Å². The first-order valence-electron chi connectivity index (χ1n) is 8.95. The number of carbonyl (C=O) groups is 1. The van der Waals surface area contributed by atoms with E-state index in [-0.39, 0.29) is 18.3 Å². The second-order valence-electron chi connectivity index (χ2n) is 7.24. The van der Waals surface area contributed by atoms with Crippen molar-refractivity contribution in [3.05, 3.63) is 0 Å². The molecule has 3 rings (SSSR count). The summed E-state index contributed by atoms with van der Waals surface area (Å²) in [6.45, 7) is 3.69. The van der Waals surface area contributed by atoms with E-state index in [0.717, 1.165) is 38.5 Å². The molecule has 5 nitrogen and oxygen atoms in total. The van der Waals surface area contributed by atoms with E-state index >= 15 is 0 Å². The average Bonchev–Trinajstić information content (AvgIpc) is 3.07. The monoisotopic (exact) mass is 346 g/mol. The molecule has 0 unspecified atom stereocenters. The van der Waals surface area contributed by atoms with Gasteiger partial charge in [0.15, 0.2) is 0 Å². The van der Waals surface area contributed by atoms with Crippen LogP contribution in [0.15, 0.2) is 0 Å². The van der Waals surface area contributed by atoms with Crippen molar-refractivity contribution in [3.8, 4) is 0 Å². The van der Waals surface area contributed by atoms with Crippen LogP contribution in [-0.2, 0) is 14.3 Å². The van der Waals surface area contributed by atoms with Crippen LogP contribution in [0, 0.1) is 5.92 Å². The van der Waals surface area contributed by atoms with E-state index in [4.69, 9.17) is 15.2 Å². The number of halogens is 1. The summed E-state index contributed by atoms with van der Waals surface area (Å²) in [5, 5.41) is 0. The maximum Gasteiger partial charge on any atom is 0.242 e. The smallest absolute Gasteiger partial charge is 0.242 e. The van der Waals surface area contributed by atoms with Gasteiger partial charge in [0.25, 0.3) is 0 Å². The van der Waals surface area contributed by atoms with Crippen LogP contribution in [0.3, 0.4) is 0 Å². The SMILES string of the molecule is Cl.NC1(C(=O)N2CCC(OCC3CCCC3)CC2)CCOCC1. The molecule has 2 saturated heterocycles. The van der Waals surface area contributed by atoms with E-state index in [1.165, 1.54) is 25.7 Å². The number of carbonyl (C=O) groups excluding carboxylic acids is 1. The van der Waals surface area contributed by atoms with Gasteiger partial charge in [-0.15, -0.1) is 12.4 Å². The number of hydrogen-bond donors (Lipinski definition) is 1. The Morgan fingerprint density at radius 3 is 2.35 bits per heavy atom. The molecule has 0 atom stereocenters. The summed E-state index contributed by atoms with van der Waals surface area (Å²) in [5.74, 6) is 0.888. The second kappa shape index (κ2) is 8.65. The molecule has 6 heteroatoms. The predicted molar refractivity (Wildman–Crippen MR) is 91.7 cm³/mol. The first kappa shape index (κ1) is 19.0. The summed E-state index contributed by atoms with van der Waals surface area (Å²) < 4.78 is 11.4. The van der Waals surface area contributed by atoms with E-state index < -0.39 is 5.54 Å². The van der Waals surface area contributed by atoms with Crippen molar-refractivity contribution in [1.29, 1.82) is 0 Å². The molecule has 134 valence electrons. The highest BCUT2D eigenvalue weighted by molar-refractivity contribution is 5.86. The average molecular weight is 347 g/mol. The molecule has 2 heterocycles. The van der Waals surface area contributed by atoms with Gasteiger partial charge in [-0.1, -0.05) is 12.8 Å². The largest absolute Gasteiger partial charge is 0.381 e. The molecule has 23 heavy (non-hydrogen) atoms. The third kappa shape index (κ3) is 4.81. The summed E-state index contributed by atoms with van der Waals surface area (Å²) in [6.07, 6.45) is 8.90. The Hall–Kier alpha value is -0.360. The van der Waals surface area contributed by atoms with Crippen molar-refractivity contribution in [1.82, 2.24) is 4.90 Å². The summed E-state index contributed by atoms with van der Waals surface area (Å²) in [4.78, 5) is 14.6. The van der Waals surface area contributed by atoms with Crippen LogP contribution in [0.2, 0.25) is 0 Å². The molecular weight excluding hydrogens is 316 g/mol. The minimum Gasteiger partial charge on any atom is -0.381 e. The molecule has 0 spiro atoms. The fraction of sp³-hybridized carbons (Fsp3) is 0.941. The lowest BCUT2D eigenvalue weighted by molar-refractivity contribution is -0.143. The predicted octanol–water partition coefficient (Wildman–Crippen LogP) is 2.11. The topological polar surface area (TPSA) is 64.8 Å². The summed E-state index contributed by atoms with van der Waals surface area (Å²) >= 11 is 0. The first-order valence-corrected chi connectivity index (χ1v) is 8.95. The summed E-state index contributed by atoms with van der Waals surface area (Å²) in [5.41, 5.74) is 5.61. The molecule has 2 N–H and O–H groups in total. The second-order valence-corrected chi connectivity index (χ2v) is 7.24. The fourth-order valence-electron chi connectivity index (χ4n) is 3.94. The van der Waals surface area contributed by atoms with Crippen LogP contribution in [-0.4, -0.2) is 55.4 Å². The zero-order valence-corrected chi connectivity index (χ0v) is 14.8. The number of amides is 1. The van der Waals surface area contributed by atoms with Gasteiger partial charge in [0.05, 0.1) is 11.6 Å². The highest BCUT2D eigenvalue weighted by atomic mass is 35.5. The number of piperidine rings is 1. The highest BCUT2D eigenvalue weighted by Crippen LogP contribution is 2.27. The number of likely N-dealkylation sites (tertiary alicyclic amines) is 1. The molecule has 1 aliphatic carbocycles. The van der Waals surface area contributed by atoms with Gasteiger partial charge < -0.3 is 20.1 Å². The lowest BCUT2D eigenvalue weighted by Crippen LogP contribution is -2.59. The molecule has 0 aromatic rings. The zero-order valence-electron chi connectivity index (χ0n) is 14.0. The standard InChI is InChI=1S/C17H30N2O3.ClH/c18-17(7-11-21-12-8-17)16(20)19-9-5-15(6-10-19)22-13-14-3-1-2-4-14;/h14-15H,1-13,18H2;1H. The van der Waals surface area contributed by atoms with Gasteiger partial charge in [0, 0.05) is 32.9 Å². The minimum atomic E-state index is -0.699. The number of ether oxygens (including phenoxy) is 2. The maximum absolute atomic E-state index is 12.7. The van der Waals surface area contributed by atoms with E-state index in [9.17, 15) is 4.79 Å². The third-order valence-electron chi connectivity index (χ3n) is 5.58. The molecule has 0 radical (unpaired) electrons. The Balaban J connectivity index is 0.00000192. The molecular formula is C17H31ClN2O3. The molecule has 3 aliphatic rings. The van der Waals surface area contributed by atoms with Crippen molar-refractivity contribution < 1.29 is 14.3 Å². The minimum absolute atomic E-state index is 0. The lowest BCUT2D eigenvalue weighted by Gasteiger charge is -2.39. The van der Waals surface area contributed by atoms with Crippen molar-refractivity contribution in [3.63, 3.8) is 0 Å². The van der Waals surface area contributed by atoms with E-state index in [0.29, 0.717) is 32.2 Å². The normalized spacial score (nSPS) is 26.0. The van der Waals surface area contributed by atoms with E-state index in [1.807, 2.05) is 4.90 Å². The van der Waals surface area contributed by atoms with E-state index in [1.54, 1.807) is 0 Å². The Kier molecular flexibility index (Phi) is 7.14. The van der Waals surface area contributed by atoms with Crippen molar-refractivity contribution in [2.75, 3.05) is 32.9 Å². The van der Waals surface area contributed by atoms with Crippen LogP contribution in [0.1, 0.15) is 51.4 Å².